The van der Waals surface area contributed by atoms with Gasteiger partial charge in [-0.3, -0.25) is 4.79 Å². The van der Waals surface area contributed by atoms with E-state index in [2.05, 4.69) is 5.32 Å². The van der Waals surface area contributed by atoms with E-state index in [4.69, 9.17) is 15.1 Å². The fraction of sp³-hybridized carbons (Fsp3) is 0.357. The average Bonchev–Trinajstić information content (AvgIpc) is 2.49. The van der Waals surface area contributed by atoms with E-state index in [9.17, 15) is 9.59 Å². The second-order valence-corrected chi connectivity index (χ2v) is 5.15. The van der Waals surface area contributed by atoms with Gasteiger partial charge in [-0.2, -0.15) is 17.0 Å². The number of nitriles is 1. The van der Waals surface area contributed by atoms with E-state index in [1.54, 1.807) is 24.3 Å². The summed E-state index contributed by atoms with van der Waals surface area (Å²) in [4.78, 5) is 22.6. The van der Waals surface area contributed by atoms with Gasteiger partial charge in [0.25, 0.3) is 5.91 Å². The van der Waals surface area contributed by atoms with Gasteiger partial charge in [0.1, 0.15) is 11.8 Å². The van der Waals surface area contributed by atoms with E-state index in [0.29, 0.717) is 23.5 Å². The first kappa shape index (κ1) is 16.9. The number of carbonyl (C=O) groups is 2. The van der Waals surface area contributed by atoms with Crippen LogP contribution in [0.3, 0.4) is 0 Å². The molecule has 112 valence electrons. The van der Waals surface area contributed by atoms with Gasteiger partial charge in [0.2, 0.25) is 0 Å². The Labute approximate surface area is 127 Å². The number of hydrogen-bond acceptors (Lipinski definition) is 5. The number of thioether (sulfide) groups is 1. The van der Waals surface area contributed by atoms with E-state index < -0.39 is 17.9 Å². The van der Waals surface area contributed by atoms with Crippen molar-refractivity contribution in [3.63, 3.8) is 0 Å². The Hall–Kier alpha value is -2.20. The van der Waals surface area contributed by atoms with Crippen molar-refractivity contribution in [1.82, 2.24) is 5.32 Å². The standard InChI is InChI=1S/C14H16N2O4S/c1-21-7-6-12(14(18)19)16-13(17)9-20-11-4-2-10(8-15)3-5-11/h2-5,12H,6-7,9H2,1H3,(H,16,17)(H,18,19)/t12-/m0/s1. The molecule has 0 saturated heterocycles. The number of carboxylic acid groups (broad SMARTS) is 1. The summed E-state index contributed by atoms with van der Waals surface area (Å²) in [5, 5.41) is 20.1. The van der Waals surface area contributed by atoms with Crippen molar-refractivity contribution < 1.29 is 19.4 Å². The molecule has 0 unspecified atom stereocenters. The maximum Gasteiger partial charge on any atom is 0.326 e. The summed E-state index contributed by atoms with van der Waals surface area (Å²) < 4.78 is 5.23. The third-order valence-electron chi connectivity index (χ3n) is 2.60. The first-order valence-electron chi connectivity index (χ1n) is 6.21. The second kappa shape index (κ2) is 8.87. The Morgan fingerprint density at radius 2 is 2.10 bits per heavy atom. The third kappa shape index (κ3) is 6.19. The molecule has 0 spiro atoms. The van der Waals surface area contributed by atoms with E-state index in [1.807, 2.05) is 12.3 Å². The SMILES string of the molecule is CSCC[C@H](NC(=O)COc1ccc(C#N)cc1)C(=O)O. The molecule has 1 rings (SSSR count). The molecule has 2 N–H and O–H groups in total. The van der Waals surface area contributed by atoms with E-state index >= 15 is 0 Å². The average molecular weight is 308 g/mol. The summed E-state index contributed by atoms with van der Waals surface area (Å²) in [5.74, 6) is -0.461. The Bertz CT molecular complexity index is 525. The number of benzene rings is 1. The Morgan fingerprint density at radius 3 is 2.62 bits per heavy atom. The minimum atomic E-state index is -1.06. The predicted molar refractivity (Wildman–Crippen MR) is 79.2 cm³/mol. The van der Waals surface area contributed by atoms with Gasteiger partial charge in [0.05, 0.1) is 11.6 Å². The normalized spacial score (nSPS) is 11.2. The van der Waals surface area contributed by atoms with Gasteiger partial charge in [-0.05, 0) is 42.7 Å². The lowest BCUT2D eigenvalue weighted by Crippen LogP contribution is -2.43. The highest BCUT2D eigenvalue weighted by Gasteiger charge is 2.19. The van der Waals surface area contributed by atoms with Crippen LogP contribution >= 0.6 is 11.8 Å². The zero-order valence-electron chi connectivity index (χ0n) is 11.5. The van der Waals surface area contributed by atoms with Crippen LogP contribution in [-0.4, -0.2) is 41.6 Å². The van der Waals surface area contributed by atoms with Gasteiger partial charge in [-0.15, -0.1) is 0 Å². The summed E-state index contributed by atoms with van der Waals surface area (Å²) in [6, 6.07) is 7.37. The molecule has 1 atom stereocenters. The predicted octanol–water partition coefficient (Wildman–Crippen LogP) is 1.26. The van der Waals surface area contributed by atoms with Crippen molar-refractivity contribution in [2.75, 3.05) is 18.6 Å². The number of nitrogens with zero attached hydrogens (tertiary/aromatic N) is 1. The third-order valence-corrected chi connectivity index (χ3v) is 3.24. The maximum atomic E-state index is 11.7. The first-order chi connectivity index (χ1) is 10.1. The van der Waals surface area contributed by atoms with Crippen LogP contribution in [0.4, 0.5) is 0 Å². The summed E-state index contributed by atoms with van der Waals surface area (Å²) in [6.45, 7) is -0.269. The van der Waals surface area contributed by atoms with E-state index in [-0.39, 0.29) is 6.61 Å². The minimum Gasteiger partial charge on any atom is -0.484 e. The topological polar surface area (TPSA) is 99.4 Å². The first-order valence-corrected chi connectivity index (χ1v) is 7.60. The van der Waals surface area contributed by atoms with E-state index in [1.165, 1.54) is 11.8 Å². The molecule has 0 bridgehead atoms. The van der Waals surface area contributed by atoms with Gasteiger partial charge in [0, 0.05) is 0 Å². The monoisotopic (exact) mass is 308 g/mol. The number of ether oxygens (including phenoxy) is 1. The molecule has 0 aromatic heterocycles. The number of carbonyl (C=O) groups excluding carboxylic acids is 1. The summed E-state index contributed by atoms with van der Waals surface area (Å²) in [5.41, 5.74) is 0.495. The molecule has 7 heteroatoms. The van der Waals surface area contributed by atoms with Gasteiger partial charge >= 0.3 is 5.97 Å². The maximum absolute atomic E-state index is 11.7. The second-order valence-electron chi connectivity index (χ2n) is 4.16. The zero-order chi connectivity index (χ0) is 15.7. The van der Waals surface area contributed by atoms with Crippen molar-refractivity contribution in [2.24, 2.45) is 0 Å². The van der Waals surface area contributed by atoms with Crippen LogP contribution in [0.25, 0.3) is 0 Å². The molecule has 0 fully saturated rings. The number of rotatable bonds is 8. The largest absolute Gasteiger partial charge is 0.484 e. The fourth-order valence-corrected chi connectivity index (χ4v) is 1.98. The quantitative estimate of drug-likeness (QED) is 0.750. The molecular weight excluding hydrogens is 292 g/mol. The molecule has 0 aliphatic heterocycles. The van der Waals surface area contributed by atoms with Crippen LogP contribution in [0.2, 0.25) is 0 Å². The van der Waals surface area contributed by atoms with Crippen LogP contribution < -0.4 is 10.1 Å². The highest BCUT2D eigenvalue weighted by Crippen LogP contribution is 2.11. The number of hydrogen-bond donors (Lipinski definition) is 2. The smallest absolute Gasteiger partial charge is 0.326 e. The summed E-state index contributed by atoms with van der Waals surface area (Å²) >= 11 is 1.52. The molecule has 1 aromatic rings. The summed E-state index contributed by atoms with van der Waals surface area (Å²) in [6.07, 6.45) is 2.23. The molecule has 0 heterocycles. The fourth-order valence-electron chi connectivity index (χ4n) is 1.50. The van der Waals surface area contributed by atoms with Gasteiger partial charge in [-0.1, -0.05) is 0 Å². The van der Waals surface area contributed by atoms with Crippen LogP contribution in [-0.2, 0) is 9.59 Å². The molecule has 1 amide bonds. The van der Waals surface area contributed by atoms with Crippen LogP contribution in [0.15, 0.2) is 24.3 Å². The van der Waals surface area contributed by atoms with Crippen LogP contribution in [0.5, 0.6) is 5.75 Å². The Balaban J connectivity index is 2.44. The Morgan fingerprint density at radius 1 is 1.43 bits per heavy atom. The number of carboxylic acids is 1. The molecule has 6 nitrogen and oxygen atoms in total. The van der Waals surface area contributed by atoms with Gasteiger partial charge in [-0.25, -0.2) is 4.79 Å². The molecule has 21 heavy (non-hydrogen) atoms. The van der Waals surface area contributed by atoms with Crippen molar-refractivity contribution in [1.29, 1.82) is 5.26 Å². The van der Waals surface area contributed by atoms with Gasteiger partial charge in [0.15, 0.2) is 6.61 Å². The lowest BCUT2D eigenvalue weighted by Gasteiger charge is -2.14. The van der Waals surface area contributed by atoms with Crippen molar-refractivity contribution in [3.8, 4) is 11.8 Å². The molecule has 0 aliphatic carbocycles. The van der Waals surface area contributed by atoms with E-state index in [0.717, 1.165) is 0 Å². The zero-order valence-corrected chi connectivity index (χ0v) is 12.4. The van der Waals surface area contributed by atoms with Crippen LogP contribution in [0, 0.1) is 11.3 Å². The summed E-state index contributed by atoms with van der Waals surface area (Å²) in [7, 11) is 0. The highest BCUT2D eigenvalue weighted by atomic mass is 32.2. The van der Waals surface area contributed by atoms with Gasteiger partial charge < -0.3 is 15.2 Å². The molecule has 0 saturated carbocycles. The highest BCUT2D eigenvalue weighted by molar-refractivity contribution is 7.98. The number of aliphatic carboxylic acids is 1. The molecular formula is C14H16N2O4S. The molecule has 1 aromatic carbocycles. The minimum absolute atomic E-state index is 0.269. The molecule has 0 radical (unpaired) electrons. The lowest BCUT2D eigenvalue weighted by atomic mass is 10.2. The van der Waals surface area contributed by atoms with Crippen molar-refractivity contribution >= 4 is 23.6 Å². The number of nitrogens with one attached hydrogen (secondary N) is 1. The molecule has 0 aliphatic rings. The van der Waals surface area contributed by atoms with Crippen molar-refractivity contribution in [2.45, 2.75) is 12.5 Å². The lowest BCUT2D eigenvalue weighted by molar-refractivity contribution is -0.142. The van der Waals surface area contributed by atoms with Crippen molar-refractivity contribution in [3.05, 3.63) is 29.8 Å². The number of amides is 1. The Kier molecular flexibility index (Phi) is 7.12. The van der Waals surface area contributed by atoms with Crippen LogP contribution in [0.1, 0.15) is 12.0 Å².